The first-order chi connectivity index (χ1) is 9.27. The zero-order valence-corrected chi connectivity index (χ0v) is 14.3. The predicted molar refractivity (Wildman–Crippen MR) is 86.8 cm³/mol. The summed E-state index contributed by atoms with van der Waals surface area (Å²) in [4.78, 5) is 0. The van der Waals surface area contributed by atoms with Crippen LogP contribution in [0.4, 0.5) is 0 Å². The first-order valence-electron chi connectivity index (χ1n) is 7.07. The Morgan fingerprint density at radius 1 is 1.11 bits per heavy atom. The van der Waals surface area contributed by atoms with Gasteiger partial charge in [0.2, 0.25) is 0 Å². The summed E-state index contributed by atoms with van der Waals surface area (Å²) in [6.45, 7) is 1.80. The number of para-hydroxylation sites is 1. The molecule has 2 nitrogen and oxygen atoms in total. The maximum atomic E-state index is 5.82. The third kappa shape index (κ3) is 5.09. The molecule has 1 aliphatic rings. The van der Waals surface area contributed by atoms with Gasteiger partial charge in [-0.2, -0.15) is 0 Å². The Balaban J connectivity index is 1.63. The molecule has 0 atom stereocenters. The molecule has 0 bridgehead atoms. The van der Waals surface area contributed by atoms with Crippen LogP contribution in [0.15, 0.2) is 27.1 Å². The normalized spacial score (nSPS) is 16.5. The predicted octanol–water partition coefficient (Wildman–Crippen LogP) is 4.90. The number of benzene rings is 1. The summed E-state index contributed by atoms with van der Waals surface area (Å²) in [6.07, 6.45) is 7.92. The van der Waals surface area contributed by atoms with Gasteiger partial charge in [-0.3, -0.25) is 0 Å². The van der Waals surface area contributed by atoms with Crippen LogP contribution in [0.5, 0.6) is 5.75 Å². The van der Waals surface area contributed by atoms with E-state index in [-0.39, 0.29) is 0 Å². The van der Waals surface area contributed by atoms with Gasteiger partial charge in [-0.05, 0) is 69.8 Å². The lowest BCUT2D eigenvalue weighted by Gasteiger charge is -2.22. The summed E-state index contributed by atoms with van der Waals surface area (Å²) in [6, 6.07) is 6.73. The maximum absolute atomic E-state index is 5.82. The molecular formula is C15H21Br2NO. The van der Waals surface area contributed by atoms with E-state index in [1.807, 2.05) is 18.2 Å². The summed E-state index contributed by atoms with van der Waals surface area (Å²) in [5.74, 6) is 0.903. The van der Waals surface area contributed by atoms with Crippen molar-refractivity contribution in [2.24, 2.45) is 0 Å². The third-order valence-corrected chi connectivity index (χ3v) is 4.77. The van der Waals surface area contributed by atoms with E-state index in [0.29, 0.717) is 0 Å². The Morgan fingerprint density at radius 3 is 2.47 bits per heavy atom. The summed E-state index contributed by atoms with van der Waals surface area (Å²) in [7, 11) is 0. The summed E-state index contributed by atoms with van der Waals surface area (Å²) >= 11 is 7.02. The van der Waals surface area contributed by atoms with Gasteiger partial charge in [-0.25, -0.2) is 0 Å². The van der Waals surface area contributed by atoms with E-state index < -0.39 is 0 Å². The van der Waals surface area contributed by atoms with Crippen molar-refractivity contribution in [1.82, 2.24) is 5.32 Å². The van der Waals surface area contributed by atoms with Crippen molar-refractivity contribution in [2.75, 3.05) is 13.2 Å². The third-order valence-electron chi connectivity index (χ3n) is 3.52. The molecule has 2 rings (SSSR count). The van der Waals surface area contributed by atoms with Crippen LogP contribution in [0.2, 0.25) is 0 Å². The van der Waals surface area contributed by atoms with Gasteiger partial charge < -0.3 is 10.1 Å². The van der Waals surface area contributed by atoms with Gasteiger partial charge in [0.05, 0.1) is 15.6 Å². The summed E-state index contributed by atoms with van der Waals surface area (Å²) in [5.41, 5.74) is 0. The topological polar surface area (TPSA) is 21.3 Å². The fourth-order valence-electron chi connectivity index (χ4n) is 2.48. The molecule has 0 spiro atoms. The molecule has 4 heteroatoms. The van der Waals surface area contributed by atoms with Crippen molar-refractivity contribution in [3.8, 4) is 5.75 Å². The number of halogens is 2. The first-order valence-corrected chi connectivity index (χ1v) is 8.66. The van der Waals surface area contributed by atoms with Crippen LogP contribution in [0.3, 0.4) is 0 Å². The van der Waals surface area contributed by atoms with Crippen LogP contribution >= 0.6 is 31.9 Å². The average Bonchev–Trinajstić information content (AvgIpc) is 2.42. The molecule has 1 fully saturated rings. The fraction of sp³-hybridized carbons (Fsp3) is 0.600. The van der Waals surface area contributed by atoms with Crippen molar-refractivity contribution in [3.63, 3.8) is 0 Å². The number of ether oxygens (including phenoxy) is 1. The molecule has 0 saturated heterocycles. The van der Waals surface area contributed by atoms with Gasteiger partial charge in [0.15, 0.2) is 0 Å². The monoisotopic (exact) mass is 389 g/mol. The van der Waals surface area contributed by atoms with Crippen LogP contribution in [-0.4, -0.2) is 19.2 Å². The number of rotatable bonds is 6. The molecule has 1 saturated carbocycles. The zero-order valence-electron chi connectivity index (χ0n) is 11.1. The molecule has 1 N–H and O–H groups in total. The lowest BCUT2D eigenvalue weighted by Crippen LogP contribution is -2.32. The van der Waals surface area contributed by atoms with Gasteiger partial charge in [0.1, 0.15) is 5.75 Å². The van der Waals surface area contributed by atoms with E-state index in [9.17, 15) is 0 Å². The van der Waals surface area contributed by atoms with E-state index in [0.717, 1.165) is 40.3 Å². The first kappa shape index (κ1) is 15.3. The maximum Gasteiger partial charge on any atom is 0.147 e. The second-order valence-corrected chi connectivity index (χ2v) is 6.75. The minimum absolute atomic E-state index is 0.740. The smallest absolute Gasteiger partial charge is 0.147 e. The molecule has 0 heterocycles. The quantitative estimate of drug-likeness (QED) is 0.697. The van der Waals surface area contributed by atoms with E-state index in [2.05, 4.69) is 37.2 Å². The highest BCUT2D eigenvalue weighted by molar-refractivity contribution is 9.11. The van der Waals surface area contributed by atoms with Crippen molar-refractivity contribution >= 4 is 31.9 Å². The molecule has 0 radical (unpaired) electrons. The molecule has 19 heavy (non-hydrogen) atoms. The summed E-state index contributed by atoms with van der Waals surface area (Å²) < 4.78 is 7.83. The van der Waals surface area contributed by atoms with Crippen molar-refractivity contribution < 1.29 is 4.74 Å². The standard InChI is InChI=1S/C15H21Br2NO/c16-13-8-4-9-14(17)15(13)19-11-5-10-18-12-6-2-1-3-7-12/h4,8-9,12,18H,1-3,5-7,10-11H2. The van der Waals surface area contributed by atoms with E-state index >= 15 is 0 Å². The molecule has 0 amide bonds. The van der Waals surface area contributed by atoms with Gasteiger partial charge >= 0.3 is 0 Å². The molecule has 1 aliphatic carbocycles. The van der Waals surface area contributed by atoms with Crippen molar-refractivity contribution in [3.05, 3.63) is 27.1 Å². The highest BCUT2D eigenvalue weighted by Gasteiger charge is 2.12. The van der Waals surface area contributed by atoms with Gasteiger partial charge in [0.25, 0.3) is 0 Å². The largest absolute Gasteiger partial charge is 0.491 e. The Hall–Kier alpha value is -0.0600. The van der Waals surface area contributed by atoms with Crippen LogP contribution < -0.4 is 10.1 Å². The lowest BCUT2D eigenvalue weighted by molar-refractivity contribution is 0.294. The van der Waals surface area contributed by atoms with Crippen LogP contribution in [0.1, 0.15) is 38.5 Å². The minimum atomic E-state index is 0.740. The second-order valence-electron chi connectivity index (χ2n) is 5.04. The van der Waals surface area contributed by atoms with E-state index in [1.165, 1.54) is 32.1 Å². The minimum Gasteiger partial charge on any atom is -0.491 e. The number of hydrogen-bond acceptors (Lipinski definition) is 2. The lowest BCUT2D eigenvalue weighted by atomic mass is 9.95. The molecular weight excluding hydrogens is 370 g/mol. The van der Waals surface area contributed by atoms with Gasteiger partial charge in [-0.15, -0.1) is 0 Å². The van der Waals surface area contributed by atoms with E-state index in [1.54, 1.807) is 0 Å². The van der Waals surface area contributed by atoms with Crippen molar-refractivity contribution in [2.45, 2.75) is 44.6 Å². The van der Waals surface area contributed by atoms with Crippen LogP contribution in [0.25, 0.3) is 0 Å². The molecule has 0 unspecified atom stereocenters. The Morgan fingerprint density at radius 2 is 1.79 bits per heavy atom. The van der Waals surface area contributed by atoms with Gasteiger partial charge in [-0.1, -0.05) is 25.3 Å². The average molecular weight is 391 g/mol. The molecule has 0 aliphatic heterocycles. The summed E-state index contributed by atoms with van der Waals surface area (Å²) in [5, 5.41) is 3.63. The number of nitrogens with one attached hydrogen (secondary N) is 1. The fourth-order valence-corrected chi connectivity index (χ4v) is 3.71. The highest BCUT2D eigenvalue weighted by atomic mass is 79.9. The molecule has 1 aromatic carbocycles. The van der Waals surface area contributed by atoms with E-state index in [4.69, 9.17) is 4.74 Å². The Bertz CT molecular complexity index is 371. The van der Waals surface area contributed by atoms with Crippen LogP contribution in [0, 0.1) is 0 Å². The van der Waals surface area contributed by atoms with Gasteiger partial charge in [0, 0.05) is 6.04 Å². The SMILES string of the molecule is Brc1cccc(Br)c1OCCCNC1CCCCC1. The van der Waals surface area contributed by atoms with Crippen LogP contribution in [-0.2, 0) is 0 Å². The molecule has 1 aromatic rings. The molecule has 0 aromatic heterocycles. The molecule has 106 valence electrons. The highest BCUT2D eigenvalue weighted by Crippen LogP contribution is 2.32. The van der Waals surface area contributed by atoms with Crippen molar-refractivity contribution in [1.29, 1.82) is 0 Å². The second kappa shape index (κ2) is 8.28. The Labute approximate surface area is 132 Å². The number of hydrogen-bond donors (Lipinski definition) is 1. The Kier molecular flexibility index (Phi) is 6.68. The zero-order chi connectivity index (χ0) is 13.5.